The third-order valence-electron chi connectivity index (χ3n) is 7.38. The SMILES string of the molecule is CS(=O)(=O)NC(=O)c1cc(C2CC2)c(CN2[C@@H]3CC[C@H]2CC(Oc2ncc(C(F)(F)F)cc2Cl)C3)cc1F. The number of halogens is 5. The number of rotatable bonds is 7. The standard InChI is InChI=1S/C25H26ClF4N3O4S/c1-38(35,36)32-23(34)20-10-19(13-2-3-13)14(6-22(20)27)12-33-16-4-5-17(33)9-18(8-16)37-24-21(26)7-15(11-31-24)25(28,29)30/h6-7,10-11,13,16-18H,2-5,8-9,12H2,1H3,(H,32,34)/t16-,17+,18?. The van der Waals surface area contributed by atoms with E-state index in [1.165, 1.54) is 12.1 Å². The number of aromatic nitrogens is 1. The van der Waals surface area contributed by atoms with Crippen molar-refractivity contribution in [1.29, 1.82) is 0 Å². The minimum atomic E-state index is -4.55. The van der Waals surface area contributed by atoms with Crippen LogP contribution >= 0.6 is 11.6 Å². The highest BCUT2D eigenvalue weighted by atomic mass is 35.5. The van der Waals surface area contributed by atoms with Crippen LogP contribution in [0.3, 0.4) is 0 Å². The number of benzene rings is 1. The van der Waals surface area contributed by atoms with Gasteiger partial charge in [0, 0.05) is 24.8 Å². The van der Waals surface area contributed by atoms with E-state index in [2.05, 4.69) is 9.88 Å². The summed E-state index contributed by atoms with van der Waals surface area (Å²) in [5.41, 5.74) is 0.383. The lowest BCUT2D eigenvalue weighted by Crippen LogP contribution is -2.46. The molecular weight excluding hydrogens is 550 g/mol. The number of alkyl halides is 3. The van der Waals surface area contributed by atoms with Crippen molar-refractivity contribution >= 4 is 27.5 Å². The van der Waals surface area contributed by atoms with E-state index >= 15 is 0 Å². The summed E-state index contributed by atoms with van der Waals surface area (Å²) in [6, 6.07) is 3.85. The van der Waals surface area contributed by atoms with E-state index in [9.17, 15) is 30.8 Å². The highest BCUT2D eigenvalue weighted by Gasteiger charge is 2.43. The van der Waals surface area contributed by atoms with Gasteiger partial charge >= 0.3 is 6.18 Å². The molecule has 206 valence electrons. The van der Waals surface area contributed by atoms with Gasteiger partial charge in [-0.25, -0.2) is 22.5 Å². The van der Waals surface area contributed by atoms with E-state index in [1.807, 2.05) is 4.72 Å². The Labute approximate surface area is 222 Å². The van der Waals surface area contributed by atoms with Gasteiger partial charge < -0.3 is 4.74 Å². The molecule has 1 amide bonds. The molecule has 3 aliphatic rings. The van der Waals surface area contributed by atoms with Crippen LogP contribution in [0.25, 0.3) is 0 Å². The first-order chi connectivity index (χ1) is 17.8. The summed E-state index contributed by atoms with van der Waals surface area (Å²) in [5.74, 6) is -1.61. The molecule has 7 nitrogen and oxygen atoms in total. The van der Waals surface area contributed by atoms with Crippen LogP contribution in [0.15, 0.2) is 24.4 Å². The summed E-state index contributed by atoms with van der Waals surface area (Å²) >= 11 is 6.02. The average Bonchev–Trinajstić information content (AvgIpc) is 3.60. The summed E-state index contributed by atoms with van der Waals surface area (Å²) in [6.45, 7) is 0.470. The number of piperidine rings is 1. The monoisotopic (exact) mass is 575 g/mol. The molecule has 0 radical (unpaired) electrons. The summed E-state index contributed by atoms with van der Waals surface area (Å²) in [7, 11) is -3.83. The number of hydrogen-bond donors (Lipinski definition) is 1. The molecule has 1 aromatic heterocycles. The van der Waals surface area contributed by atoms with Crippen LogP contribution in [0.2, 0.25) is 5.02 Å². The average molecular weight is 576 g/mol. The molecule has 5 rings (SSSR count). The molecular formula is C25H26ClF4N3O4S. The number of carbonyl (C=O) groups is 1. The van der Waals surface area contributed by atoms with Crippen molar-refractivity contribution in [2.24, 2.45) is 0 Å². The van der Waals surface area contributed by atoms with E-state index in [0.717, 1.165) is 49.1 Å². The topological polar surface area (TPSA) is 88.6 Å². The van der Waals surface area contributed by atoms with E-state index in [-0.39, 0.29) is 40.6 Å². The smallest absolute Gasteiger partial charge is 0.417 e. The second-order valence-corrected chi connectivity index (χ2v) is 12.4. The molecule has 1 N–H and O–H groups in total. The number of fused-ring (bicyclic) bond motifs is 2. The number of nitrogens with zero attached hydrogens (tertiary/aromatic N) is 2. The Balaban J connectivity index is 1.30. The number of nitrogens with one attached hydrogen (secondary N) is 1. The molecule has 2 bridgehead atoms. The Morgan fingerprint density at radius 2 is 1.82 bits per heavy atom. The van der Waals surface area contributed by atoms with Crippen molar-refractivity contribution < 1.29 is 35.5 Å². The Bertz CT molecular complexity index is 1350. The Kier molecular flexibility index (Phi) is 7.10. The minimum Gasteiger partial charge on any atom is -0.473 e. The maximum atomic E-state index is 15.0. The first-order valence-electron chi connectivity index (χ1n) is 12.3. The molecule has 13 heteroatoms. The molecule has 1 saturated carbocycles. The van der Waals surface area contributed by atoms with Gasteiger partial charge in [0.05, 0.1) is 17.4 Å². The third-order valence-corrected chi connectivity index (χ3v) is 8.20. The van der Waals surface area contributed by atoms with Crippen molar-refractivity contribution in [2.45, 2.75) is 75.4 Å². The number of carbonyl (C=O) groups excluding carboxylic acids is 1. The molecule has 2 aliphatic heterocycles. The van der Waals surface area contributed by atoms with Gasteiger partial charge in [-0.3, -0.25) is 9.69 Å². The maximum Gasteiger partial charge on any atom is 0.417 e. The van der Waals surface area contributed by atoms with Crippen molar-refractivity contribution in [1.82, 2.24) is 14.6 Å². The normalized spacial score (nSPS) is 23.9. The van der Waals surface area contributed by atoms with Gasteiger partial charge in [-0.1, -0.05) is 11.6 Å². The van der Waals surface area contributed by atoms with E-state index in [1.54, 1.807) is 0 Å². The Morgan fingerprint density at radius 3 is 2.37 bits per heavy atom. The van der Waals surface area contributed by atoms with Crippen LogP contribution in [-0.2, 0) is 22.7 Å². The minimum absolute atomic E-state index is 0.0291. The van der Waals surface area contributed by atoms with Crippen LogP contribution in [0.4, 0.5) is 17.6 Å². The number of pyridine rings is 1. The van der Waals surface area contributed by atoms with Crippen LogP contribution in [0.1, 0.15) is 71.5 Å². The number of amides is 1. The van der Waals surface area contributed by atoms with Gasteiger partial charge in [0.1, 0.15) is 16.9 Å². The summed E-state index contributed by atoms with van der Waals surface area (Å²) < 4.78 is 84.3. The van der Waals surface area contributed by atoms with Crippen LogP contribution < -0.4 is 9.46 Å². The van der Waals surface area contributed by atoms with Gasteiger partial charge in [-0.05, 0) is 73.8 Å². The van der Waals surface area contributed by atoms with Gasteiger partial charge in [-0.15, -0.1) is 0 Å². The van der Waals surface area contributed by atoms with Gasteiger partial charge in [-0.2, -0.15) is 13.2 Å². The third kappa shape index (κ3) is 5.91. The number of hydrogen-bond acceptors (Lipinski definition) is 6. The van der Waals surface area contributed by atoms with Gasteiger partial charge in [0.25, 0.3) is 5.91 Å². The number of sulfonamides is 1. The lowest BCUT2D eigenvalue weighted by molar-refractivity contribution is -0.137. The van der Waals surface area contributed by atoms with Crippen LogP contribution in [0, 0.1) is 5.82 Å². The summed E-state index contributed by atoms with van der Waals surface area (Å²) in [4.78, 5) is 18.4. The fourth-order valence-corrected chi connectivity index (χ4v) is 6.20. The Morgan fingerprint density at radius 1 is 1.16 bits per heavy atom. The molecule has 3 heterocycles. The van der Waals surface area contributed by atoms with Crippen LogP contribution in [-0.4, -0.2) is 48.7 Å². The van der Waals surface area contributed by atoms with Crippen LogP contribution in [0.5, 0.6) is 5.88 Å². The van der Waals surface area contributed by atoms with E-state index < -0.39 is 33.5 Å². The molecule has 1 aliphatic carbocycles. The maximum absolute atomic E-state index is 15.0. The lowest BCUT2D eigenvalue weighted by Gasteiger charge is -2.39. The molecule has 2 aromatic rings. The second kappa shape index (κ2) is 9.95. The molecule has 38 heavy (non-hydrogen) atoms. The quantitative estimate of drug-likeness (QED) is 0.466. The summed E-state index contributed by atoms with van der Waals surface area (Å²) in [6.07, 6.45) is 1.58. The first-order valence-corrected chi connectivity index (χ1v) is 14.5. The highest BCUT2D eigenvalue weighted by molar-refractivity contribution is 7.89. The predicted octanol–water partition coefficient (Wildman–Crippen LogP) is 5.03. The lowest BCUT2D eigenvalue weighted by atomic mass is 9.95. The Hall–Kier alpha value is -2.44. The zero-order valence-corrected chi connectivity index (χ0v) is 22.0. The van der Waals surface area contributed by atoms with E-state index in [0.29, 0.717) is 25.6 Å². The molecule has 1 aromatic carbocycles. The largest absolute Gasteiger partial charge is 0.473 e. The van der Waals surface area contributed by atoms with Gasteiger partial charge in [0.15, 0.2) is 0 Å². The summed E-state index contributed by atoms with van der Waals surface area (Å²) in [5, 5.41) is -0.195. The van der Waals surface area contributed by atoms with Crippen molar-refractivity contribution in [3.63, 3.8) is 0 Å². The number of ether oxygens (including phenoxy) is 1. The molecule has 0 spiro atoms. The second-order valence-electron chi connectivity index (χ2n) is 10.3. The highest BCUT2D eigenvalue weighted by Crippen LogP contribution is 2.45. The first kappa shape index (κ1) is 27.1. The van der Waals surface area contributed by atoms with Crippen molar-refractivity contribution in [3.8, 4) is 5.88 Å². The van der Waals surface area contributed by atoms with Crippen molar-refractivity contribution in [3.05, 3.63) is 57.5 Å². The molecule has 3 atom stereocenters. The fourth-order valence-electron chi connectivity index (χ4n) is 5.54. The van der Waals surface area contributed by atoms with E-state index in [4.69, 9.17) is 16.3 Å². The zero-order valence-electron chi connectivity index (χ0n) is 20.4. The van der Waals surface area contributed by atoms with Crippen molar-refractivity contribution in [2.75, 3.05) is 6.26 Å². The molecule has 2 saturated heterocycles. The molecule has 3 fully saturated rings. The van der Waals surface area contributed by atoms with Gasteiger partial charge in [0.2, 0.25) is 15.9 Å². The predicted molar refractivity (Wildman–Crippen MR) is 131 cm³/mol. The molecule has 1 unspecified atom stereocenters. The fraction of sp³-hybridized carbons (Fsp3) is 0.520. The zero-order chi connectivity index (χ0) is 27.4.